The van der Waals surface area contributed by atoms with E-state index in [1.54, 1.807) is 18.3 Å². The van der Waals surface area contributed by atoms with Crippen molar-refractivity contribution in [3.05, 3.63) is 33.6 Å². The first kappa shape index (κ1) is 9.38. The number of hydrogen-bond donors (Lipinski definition) is 0. The number of nitrogens with zero attached hydrogens (tertiary/aromatic N) is 3. The fraction of sp³-hybridized carbons (Fsp3) is 0. The Labute approximate surface area is 93.5 Å². The molecule has 0 aromatic carbocycles. The van der Waals surface area contributed by atoms with Crippen molar-refractivity contribution in [1.29, 1.82) is 5.26 Å². The van der Waals surface area contributed by atoms with E-state index in [0.717, 1.165) is 5.39 Å². The van der Waals surface area contributed by atoms with Crippen molar-refractivity contribution in [1.82, 2.24) is 9.97 Å². The number of hydrogen-bond acceptors (Lipinski definition) is 3. The lowest BCUT2D eigenvalue weighted by atomic mass is 10.2. The quantitative estimate of drug-likeness (QED) is 0.690. The van der Waals surface area contributed by atoms with Gasteiger partial charge in [-0.2, -0.15) is 5.26 Å². The summed E-state index contributed by atoms with van der Waals surface area (Å²) in [5, 5.41) is 9.98. The van der Waals surface area contributed by atoms with E-state index in [4.69, 9.17) is 16.9 Å². The van der Waals surface area contributed by atoms with Gasteiger partial charge in [-0.05, 0) is 22.0 Å². The highest BCUT2D eigenvalue weighted by molar-refractivity contribution is 9.10. The highest BCUT2D eigenvalue weighted by Crippen LogP contribution is 2.21. The summed E-state index contributed by atoms with van der Waals surface area (Å²) in [6.45, 7) is 0. The van der Waals surface area contributed by atoms with Gasteiger partial charge in [0.05, 0.1) is 9.99 Å². The summed E-state index contributed by atoms with van der Waals surface area (Å²) in [4.78, 5) is 8.05. The van der Waals surface area contributed by atoms with E-state index in [1.165, 1.54) is 0 Å². The third-order valence-electron chi connectivity index (χ3n) is 1.73. The van der Waals surface area contributed by atoms with E-state index >= 15 is 0 Å². The fourth-order valence-corrected chi connectivity index (χ4v) is 1.67. The highest BCUT2D eigenvalue weighted by Gasteiger charge is 2.04. The van der Waals surface area contributed by atoms with E-state index < -0.39 is 0 Å². The molecule has 2 aromatic heterocycles. The number of pyridine rings is 2. The summed E-state index contributed by atoms with van der Waals surface area (Å²) in [5.74, 6) is 0. The van der Waals surface area contributed by atoms with Gasteiger partial charge in [-0.1, -0.05) is 11.6 Å². The van der Waals surface area contributed by atoms with Crippen LogP contribution in [0.1, 0.15) is 5.69 Å². The Morgan fingerprint density at radius 2 is 2.21 bits per heavy atom. The monoisotopic (exact) mass is 267 g/mol. The molecule has 3 nitrogen and oxygen atoms in total. The van der Waals surface area contributed by atoms with Crippen LogP contribution in [0.4, 0.5) is 0 Å². The normalized spacial score (nSPS) is 10.1. The Bertz CT molecular complexity index is 547. The molecular weight excluding hydrogens is 265 g/mol. The minimum absolute atomic E-state index is 0.347. The maximum atomic E-state index is 8.76. The van der Waals surface area contributed by atoms with Crippen LogP contribution in [0, 0.1) is 11.3 Å². The van der Waals surface area contributed by atoms with Crippen LogP contribution in [0.5, 0.6) is 0 Å². The molecule has 0 saturated carbocycles. The largest absolute Gasteiger partial charge is 0.244 e. The van der Waals surface area contributed by atoms with E-state index in [0.29, 0.717) is 20.8 Å². The van der Waals surface area contributed by atoms with Crippen molar-refractivity contribution in [2.75, 3.05) is 0 Å². The molecule has 2 aromatic rings. The standard InChI is InChI=1S/C9H3BrClN3/c10-6-1-5-4-13-9(11)2-7(5)14-8(6)3-12/h1-2,4H. The molecule has 5 heteroatoms. The summed E-state index contributed by atoms with van der Waals surface area (Å²) >= 11 is 8.96. The van der Waals surface area contributed by atoms with Crippen LogP contribution < -0.4 is 0 Å². The molecule has 0 fully saturated rings. The average molecular weight is 269 g/mol. The minimum atomic E-state index is 0.347. The lowest BCUT2D eigenvalue weighted by Gasteiger charge is -1.99. The molecule has 0 bridgehead atoms. The van der Waals surface area contributed by atoms with Gasteiger partial charge in [-0.25, -0.2) is 9.97 Å². The van der Waals surface area contributed by atoms with Gasteiger partial charge in [0, 0.05) is 17.6 Å². The Morgan fingerprint density at radius 3 is 2.93 bits per heavy atom. The molecule has 68 valence electrons. The van der Waals surface area contributed by atoms with Crippen molar-refractivity contribution in [3.63, 3.8) is 0 Å². The van der Waals surface area contributed by atoms with Gasteiger partial charge >= 0.3 is 0 Å². The maximum absolute atomic E-state index is 8.76. The van der Waals surface area contributed by atoms with Crippen LogP contribution in [0.15, 0.2) is 22.8 Å². The van der Waals surface area contributed by atoms with E-state index in [1.807, 2.05) is 6.07 Å². The van der Waals surface area contributed by atoms with Gasteiger partial charge in [0.25, 0.3) is 0 Å². The van der Waals surface area contributed by atoms with Gasteiger partial charge < -0.3 is 0 Å². The van der Waals surface area contributed by atoms with Crippen molar-refractivity contribution < 1.29 is 0 Å². The predicted molar refractivity (Wildman–Crippen MR) is 57.0 cm³/mol. The molecule has 14 heavy (non-hydrogen) atoms. The van der Waals surface area contributed by atoms with Gasteiger partial charge in [-0.3, -0.25) is 0 Å². The summed E-state index contributed by atoms with van der Waals surface area (Å²) in [6, 6.07) is 5.41. The summed E-state index contributed by atoms with van der Waals surface area (Å²) in [6.07, 6.45) is 1.62. The first-order valence-electron chi connectivity index (χ1n) is 3.72. The van der Waals surface area contributed by atoms with Crippen LogP contribution in [0.2, 0.25) is 5.15 Å². The van der Waals surface area contributed by atoms with E-state index in [2.05, 4.69) is 25.9 Å². The first-order chi connectivity index (χ1) is 6.70. The van der Waals surface area contributed by atoms with Gasteiger partial charge in [0.15, 0.2) is 5.69 Å². The van der Waals surface area contributed by atoms with Gasteiger partial charge in [0.2, 0.25) is 0 Å². The number of nitriles is 1. The molecule has 0 amide bonds. The van der Waals surface area contributed by atoms with E-state index in [9.17, 15) is 0 Å². The molecule has 2 rings (SSSR count). The first-order valence-corrected chi connectivity index (χ1v) is 4.89. The fourth-order valence-electron chi connectivity index (χ4n) is 1.10. The second-order valence-electron chi connectivity index (χ2n) is 2.63. The topological polar surface area (TPSA) is 49.6 Å². The second-order valence-corrected chi connectivity index (χ2v) is 3.87. The second kappa shape index (κ2) is 3.52. The Kier molecular flexibility index (Phi) is 2.36. The van der Waals surface area contributed by atoms with Gasteiger partial charge in [0.1, 0.15) is 11.2 Å². The zero-order chi connectivity index (χ0) is 10.1. The average Bonchev–Trinajstić information content (AvgIpc) is 2.17. The van der Waals surface area contributed by atoms with Crippen LogP contribution in [-0.2, 0) is 0 Å². The van der Waals surface area contributed by atoms with Crippen molar-refractivity contribution in [2.24, 2.45) is 0 Å². The molecule has 2 heterocycles. The van der Waals surface area contributed by atoms with Crippen LogP contribution in [-0.4, -0.2) is 9.97 Å². The maximum Gasteiger partial charge on any atom is 0.155 e. The van der Waals surface area contributed by atoms with Crippen molar-refractivity contribution >= 4 is 38.4 Å². The molecular formula is C9H3BrClN3. The van der Waals surface area contributed by atoms with Crippen molar-refractivity contribution in [2.45, 2.75) is 0 Å². The SMILES string of the molecule is N#Cc1nc2cc(Cl)ncc2cc1Br. The Balaban J connectivity index is 2.82. The zero-order valence-electron chi connectivity index (χ0n) is 6.83. The smallest absolute Gasteiger partial charge is 0.155 e. The number of halogens is 2. The summed E-state index contributed by atoms with van der Waals surface area (Å²) < 4.78 is 0.664. The third kappa shape index (κ3) is 1.57. The number of rotatable bonds is 0. The molecule has 0 unspecified atom stereocenters. The predicted octanol–water partition coefficient (Wildman–Crippen LogP) is 2.92. The van der Waals surface area contributed by atoms with Crippen molar-refractivity contribution in [3.8, 4) is 6.07 Å². The van der Waals surface area contributed by atoms with Crippen LogP contribution in [0.25, 0.3) is 10.9 Å². The van der Waals surface area contributed by atoms with E-state index in [-0.39, 0.29) is 0 Å². The lowest BCUT2D eigenvalue weighted by Crippen LogP contribution is -1.87. The Hall–Kier alpha value is -1.18. The number of aromatic nitrogens is 2. The third-order valence-corrected chi connectivity index (χ3v) is 2.54. The lowest BCUT2D eigenvalue weighted by molar-refractivity contribution is 1.28. The molecule has 0 N–H and O–H groups in total. The van der Waals surface area contributed by atoms with Crippen LogP contribution >= 0.6 is 27.5 Å². The molecule has 0 aliphatic heterocycles. The molecule has 0 spiro atoms. The molecule has 0 aliphatic rings. The Morgan fingerprint density at radius 1 is 1.43 bits per heavy atom. The molecule has 0 atom stereocenters. The molecule has 0 radical (unpaired) electrons. The zero-order valence-corrected chi connectivity index (χ0v) is 9.17. The number of fused-ring (bicyclic) bond motifs is 1. The van der Waals surface area contributed by atoms with Gasteiger partial charge in [-0.15, -0.1) is 0 Å². The highest BCUT2D eigenvalue weighted by atomic mass is 79.9. The molecule has 0 saturated heterocycles. The molecule has 0 aliphatic carbocycles. The summed E-state index contributed by atoms with van der Waals surface area (Å²) in [7, 11) is 0. The van der Waals surface area contributed by atoms with Crippen LogP contribution in [0.3, 0.4) is 0 Å². The minimum Gasteiger partial charge on any atom is -0.244 e. The summed E-state index contributed by atoms with van der Waals surface area (Å²) in [5.41, 5.74) is 1.02.